The number of carbonyl (C=O) groups is 2. The lowest BCUT2D eigenvalue weighted by atomic mass is 10.0. The smallest absolute Gasteiger partial charge is 0.339 e. The zero-order valence-corrected chi connectivity index (χ0v) is 15.1. The average Bonchev–Trinajstić information content (AvgIpc) is 3.10. The van der Waals surface area contributed by atoms with Gasteiger partial charge in [0.05, 0.1) is 30.9 Å². The third kappa shape index (κ3) is 2.91. The molecule has 1 N–H and O–H groups in total. The zero-order chi connectivity index (χ0) is 19.0. The second kappa shape index (κ2) is 6.75. The standard InChI is InChI=1S/C20H19N3O4/c1-26-17-7-6-12(10-21-17)19(24)23-9-8-16-15(11-23)13-4-3-5-14(18(13)22-16)20(25)27-2/h3-7,10,22H,8-9,11H2,1-2H3. The van der Waals surface area contributed by atoms with Crippen molar-refractivity contribution in [3.8, 4) is 5.88 Å². The lowest BCUT2D eigenvalue weighted by Gasteiger charge is -2.27. The summed E-state index contributed by atoms with van der Waals surface area (Å²) in [6.45, 7) is 1.07. The van der Waals surface area contributed by atoms with Crippen molar-refractivity contribution in [1.29, 1.82) is 0 Å². The Morgan fingerprint density at radius 2 is 2.04 bits per heavy atom. The van der Waals surface area contributed by atoms with Crippen molar-refractivity contribution in [3.63, 3.8) is 0 Å². The number of aromatic nitrogens is 2. The van der Waals surface area contributed by atoms with Crippen LogP contribution in [0.2, 0.25) is 0 Å². The summed E-state index contributed by atoms with van der Waals surface area (Å²) < 4.78 is 9.91. The summed E-state index contributed by atoms with van der Waals surface area (Å²) in [5.41, 5.74) is 3.88. The number of ether oxygens (including phenoxy) is 2. The highest BCUT2D eigenvalue weighted by Gasteiger charge is 2.26. The van der Waals surface area contributed by atoms with Crippen molar-refractivity contribution < 1.29 is 19.1 Å². The second-order valence-corrected chi connectivity index (χ2v) is 6.37. The first-order chi connectivity index (χ1) is 13.1. The van der Waals surface area contributed by atoms with E-state index in [1.165, 1.54) is 20.4 Å². The van der Waals surface area contributed by atoms with Gasteiger partial charge in [-0.05, 0) is 12.1 Å². The minimum Gasteiger partial charge on any atom is -0.481 e. The van der Waals surface area contributed by atoms with E-state index in [-0.39, 0.29) is 11.9 Å². The monoisotopic (exact) mass is 365 g/mol. The number of fused-ring (bicyclic) bond motifs is 3. The van der Waals surface area contributed by atoms with Gasteiger partial charge in [-0.1, -0.05) is 12.1 Å². The maximum Gasteiger partial charge on any atom is 0.339 e. The fourth-order valence-corrected chi connectivity index (χ4v) is 3.50. The van der Waals surface area contributed by atoms with E-state index >= 15 is 0 Å². The van der Waals surface area contributed by atoms with Gasteiger partial charge in [0.2, 0.25) is 5.88 Å². The van der Waals surface area contributed by atoms with Crippen LogP contribution in [0.5, 0.6) is 5.88 Å². The average molecular weight is 365 g/mol. The summed E-state index contributed by atoms with van der Waals surface area (Å²) in [4.78, 5) is 34.1. The quantitative estimate of drug-likeness (QED) is 0.721. The molecular formula is C20H19N3O4. The maximum absolute atomic E-state index is 12.8. The lowest BCUT2D eigenvalue weighted by molar-refractivity contribution is 0.0602. The van der Waals surface area contributed by atoms with Crippen LogP contribution >= 0.6 is 0 Å². The topological polar surface area (TPSA) is 84.5 Å². The fraction of sp³-hybridized carbons (Fsp3) is 0.250. The minimum absolute atomic E-state index is 0.0747. The number of benzene rings is 1. The van der Waals surface area contributed by atoms with Gasteiger partial charge in [0.25, 0.3) is 5.91 Å². The molecule has 1 aliphatic heterocycles. The number of pyridine rings is 1. The summed E-state index contributed by atoms with van der Waals surface area (Å²) in [7, 11) is 2.91. The van der Waals surface area contributed by atoms with Crippen molar-refractivity contribution >= 4 is 22.8 Å². The van der Waals surface area contributed by atoms with E-state index in [0.29, 0.717) is 36.5 Å². The molecule has 0 saturated heterocycles. The summed E-state index contributed by atoms with van der Waals surface area (Å²) in [5, 5.41) is 0.943. The molecule has 0 atom stereocenters. The minimum atomic E-state index is -0.378. The molecule has 0 fully saturated rings. The number of nitrogens with one attached hydrogen (secondary N) is 1. The zero-order valence-electron chi connectivity index (χ0n) is 15.1. The summed E-state index contributed by atoms with van der Waals surface area (Å²) in [5.74, 6) is 0.0187. The van der Waals surface area contributed by atoms with Crippen LogP contribution in [0.4, 0.5) is 0 Å². The normalized spacial score (nSPS) is 13.3. The Hall–Kier alpha value is -3.35. The Labute approximate surface area is 155 Å². The molecule has 0 aliphatic carbocycles. The van der Waals surface area contributed by atoms with E-state index in [9.17, 15) is 9.59 Å². The van der Waals surface area contributed by atoms with Gasteiger partial charge in [-0.15, -0.1) is 0 Å². The van der Waals surface area contributed by atoms with Crippen LogP contribution in [0.15, 0.2) is 36.5 Å². The van der Waals surface area contributed by atoms with Crippen LogP contribution in [0.25, 0.3) is 10.9 Å². The number of H-pyrrole nitrogens is 1. The molecule has 4 rings (SSSR count). The Morgan fingerprint density at radius 1 is 1.19 bits per heavy atom. The largest absolute Gasteiger partial charge is 0.481 e. The Morgan fingerprint density at radius 3 is 2.74 bits per heavy atom. The molecule has 2 aromatic heterocycles. The van der Waals surface area contributed by atoms with Gasteiger partial charge in [0, 0.05) is 48.4 Å². The highest BCUT2D eigenvalue weighted by molar-refractivity contribution is 6.04. The van der Waals surface area contributed by atoms with Crippen LogP contribution in [0, 0.1) is 0 Å². The number of para-hydroxylation sites is 1. The predicted molar refractivity (Wildman–Crippen MR) is 98.9 cm³/mol. The van der Waals surface area contributed by atoms with E-state index < -0.39 is 0 Å². The van der Waals surface area contributed by atoms with Crippen molar-refractivity contribution in [1.82, 2.24) is 14.9 Å². The van der Waals surface area contributed by atoms with Crippen LogP contribution < -0.4 is 4.74 Å². The summed E-state index contributed by atoms with van der Waals surface area (Å²) >= 11 is 0. The van der Waals surface area contributed by atoms with E-state index in [0.717, 1.165) is 22.2 Å². The van der Waals surface area contributed by atoms with Crippen LogP contribution in [0.1, 0.15) is 32.0 Å². The number of aromatic amines is 1. The van der Waals surface area contributed by atoms with Crippen LogP contribution in [-0.4, -0.2) is 47.5 Å². The molecule has 1 aromatic carbocycles. The molecule has 3 aromatic rings. The van der Waals surface area contributed by atoms with Crippen molar-refractivity contribution in [3.05, 3.63) is 58.9 Å². The Kier molecular flexibility index (Phi) is 4.27. The molecule has 1 aliphatic rings. The fourth-order valence-electron chi connectivity index (χ4n) is 3.50. The van der Waals surface area contributed by atoms with Gasteiger partial charge in [0.15, 0.2) is 0 Å². The Balaban J connectivity index is 1.66. The number of rotatable bonds is 3. The first-order valence-electron chi connectivity index (χ1n) is 8.62. The molecule has 0 spiro atoms. The maximum atomic E-state index is 12.8. The number of carbonyl (C=O) groups excluding carboxylic acids is 2. The number of amides is 1. The highest BCUT2D eigenvalue weighted by atomic mass is 16.5. The van der Waals surface area contributed by atoms with Gasteiger partial charge < -0.3 is 19.4 Å². The third-order valence-corrected chi connectivity index (χ3v) is 4.90. The van der Waals surface area contributed by atoms with Crippen LogP contribution in [0.3, 0.4) is 0 Å². The number of hydrogen-bond donors (Lipinski definition) is 1. The van der Waals surface area contributed by atoms with Gasteiger partial charge in [-0.3, -0.25) is 4.79 Å². The number of hydrogen-bond acceptors (Lipinski definition) is 5. The molecular weight excluding hydrogens is 346 g/mol. The Bertz CT molecular complexity index is 1020. The third-order valence-electron chi connectivity index (χ3n) is 4.90. The van der Waals surface area contributed by atoms with Gasteiger partial charge in [-0.25, -0.2) is 9.78 Å². The van der Waals surface area contributed by atoms with Gasteiger partial charge in [0.1, 0.15) is 0 Å². The van der Waals surface area contributed by atoms with Gasteiger partial charge in [-0.2, -0.15) is 0 Å². The van der Waals surface area contributed by atoms with Crippen molar-refractivity contribution in [2.75, 3.05) is 20.8 Å². The predicted octanol–water partition coefficient (Wildman–Crippen LogP) is 2.56. The number of nitrogens with zero attached hydrogens (tertiary/aromatic N) is 2. The van der Waals surface area contributed by atoms with E-state index in [1.807, 2.05) is 12.1 Å². The van der Waals surface area contributed by atoms with Crippen LogP contribution in [-0.2, 0) is 17.7 Å². The van der Waals surface area contributed by atoms with E-state index in [1.54, 1.807) is 23.1 Å². The molecule has 7 heteroatoms. The summed E-state index contributed by atoms with van der Waals surface area (Å²) in [6, 6.07) is 8.92. The summed E-state index contributed by atoms with van der Waals surface area (Å²) in [6.07, 6.45) is 2.22. The molecule has 7 nitrogen and oxygen atoms in total. The molecule has 138 valence electrons. The highest BCUT2D eigenvalue weighted by Crippen LogP contribution is 2.30. The lowest BCUT2D eigenvalue weighted by Crippen LogP contribution is -2.35. The second-order valence-electron chi connectivity index (χ2n) is 6.37. The van der Waals surface area contributed by atoms with Crippen molar-refractivity contribution in [2.45, 2.75) is 13.0 Å². The number of methoxy groups -OCH3 is 2. The van der Waals surface area contributed by atoms with Gasteiger partial charge >= 0.3 is 5.97 Å². The molecule has 0 unspecified atom stereocenters. The number of esters is 1. The first-order valence-corrected chi connectivity index (χ1v) is 8.62. The molecule has 0 radical (unpaired) electrons. The van der Waals surface area contributed by atoms with Crippen molar-refractivity contribution in [2.24, 2.45) is 0 Å². The molecule has 27 heavy (non-hydrogen) atoms. The molecule has 3 heterocycles. The SMILES string of the molecule is COC(=O)c1cccc2c3c([nH]c12)CCN(C(=O)c1ccc(OC)nc1)C3. The van der Waals surface area contributed by atoms with E-state index in [4.69, 9.17) is 9.47 Å². The first kappa shape index (κ1) is 17.1. The molecule has 0 saturated carbocycles. The van der Waals surface area contributed by atoms with E-state index in [2.05, 4.69) is 9.97 Å². The molecule has 0 bridgehead atoms. The molecule has 1 amide bonds.